The van der Waals surface area contributed by atoms with Crippen LogP contribution >= 0.6 is 11.3 Å². The Morgan fingerprint density at radius 2 is 2.71 bits per heavy atom. The third-order valence-corrected chi connectivity index (χ3v) is 1.37. The predicted molar refractivity (Wildman–Crippen MR) is 29.1 cm³/mol. The van der Waals surface area contributed by atoms with E-state index in [0.29, 0.717) is 0 Å². The number of aliphatic hydroxyl groups is 1. The highest BCUT2D eigenvalue weighted by molar-refractivity contribution is 7.07. The number of thiophene rings is 1. The van der Waals surface area contributed by atoms with Gasteiger partial charge in [0.05, 0.1) is 6.61 Å². The van der Waals surface area contributed by atoms with Gasteiger partial charge in [-0.15, -0.1) is 0 Å². The minimum atomic E-state index is 0.115. The van der Waals surface area contributed by atoms with Crippen molar-refractivity contribution in [2.45, 2.75) is 6.61 Å². The number of hydrogen-bond donors (Lipinski definition) is 1. The van der Waals surface area contributed by atoms with Gasteiger partial charge in [0.1, 0.15) is 0 Å². The lowest BCUT2D eigenvalue weighted by Crippen LogP contribution is -1.72. The molecule has 1 radical (unpaired) electrons. The number of rotatable bonds is 1. The summed E-state index contributed by atoms with van der Waals surface area (Å²) >= 11 is 1.55. The van der Waals surface area contributed by atoms with E-state index in [9.17, 15) is 0 Å². The van der Waals surface area contributed by atoms with Crippen molar-refractivity contribution in [3.63, 3.8) is 0 Å². The zero-order chi connectivity index (χ0) is 5.11. The van der Waals surface area contributed by atoms with Crippen molar-refractivity contribution in [2.24, 2.45) is 0 Å². The SMILES string of the molecule is OCc1[c]csc1. The lowest BCUT2D eigenvalue weighted by Gasteiger charge is -1.78. The van der Waals surface area contributed by atoms with Crippen LogP contribution in [0.15, 0.2) is 10.8 Å². The van der Waals surface area contributed by atoms with E-state index in [2.05, 4.69) is 6.07 Å². The molecule has 0 saturated carbocycles. The summed E-state index contributed by atoms with van der Waals surface area (Å²) in [5.41, 5.74) is 0.880. The third kappa shape index (κ3) is 1.01. The fourth-order valence-corrected chi connectivity index (χ4v) is 0.937. The first kappa shape index (κ1) is 4.81. The van der Waals surface area contributed by atoms with Gasteiger partial charge in [0, 0.05) is 0 Å². The van der Waals surface area contributed by atoms with E-state index in [1.807, 2.05) is 10.8 Å². The summed E-state index contributed by atoms with van der Waals surface area (Å²) in [5.74, 6) is 0. The molecule has 1 nitrogen and oxygen atoms in total. The second-order valence-corrected chi connectivity index (χ2v) is 1.94. The van der Waals surface area contributed by atoms with Crippen molar-refractivity contribution >= 4 is 11.3 Å². The van der Waals surface area contributed by atoms with Gasteiger partial charge in [-0.2, -0.15) is 11.3 Å². The van der Waals surface area contributed by atoms with Gasteiger partial charge >= 0.3 is 0 Å². The summed E-state index contributed by atoms with van der Waals surface area (Å²) in [6.07, 6.45) is 0. The van der Waals surface area contributed by atoms with Crippen LogP contribution in [-0.4, -0.2) is 5.11 Å². The summed E-state index contributed by atoms with van der Waals surface area (Å²) in [6.45, 7) is 0.115. The van der Waals surface area contributed by atoms with Crippen LogP contribution in [0, 0.1) is 6.07 Å². The Morgan fingerprint density at radius 3 is 3.00 bits per heavy atom. The van der Waals surface area contributed by atoms with E-state index in [1.54, 1.807) is 11.3 Å². The molecule has 0 aliphatic rings. The topological polar surface area (TPSA) is 20.2 Å². The summed E-state index contributed by atoms with van der Waals surface area (Å²) in [7, 11) is 0. The molecule has 0 aliphatic heterocycles. The lowest BCUT2D eigenvalue weighted by molar-refractivity contribution is 0.282. The molecule has 1 aromatic rings. The monoisotopic (exact) mass is 113 g/mol. The number of aliphatic hydroxyl groups excluding tert-OH is 1. The van der Waals surface area contributed by atoms with E-state index in [4.69, 9.17) is 5.11 Å². The summed E-state index contributed by atoms with van der Waals surface area (Å²) < 4.78 is 0. The Labute approximate surface area is 46.2 Å². The van der Waals surface area contributed by atoms with Crippen molar-refractivity contribution in [1.82, 2.24) is 0 Å². The highest BCUT2D eigenvalue weighted by Crippen LogP contribution is 2.02. The maximum atomic E-state index is 8.40. The van der Waals surface area contributed by atoms with Gasteiger partial charge in [0.15, 0.2) is 0 Å². The minimum absolute atomic E-state index is 0.115. The molecular weight excluding hydrogens is 108 g/mol. The normalized spacial score (nSPS) is 9.29. The van der Waals surface area contributed by atoms with Crippen LogP contribution in [0.5, 0.6) is 0 Å². The standard InChI is InChI=1S/C5H5OS/c6-3-5-1-2-7-4-5/h2,4,6H,3H2. The van der Waals surface area contributed by atoms with E-state index in [-0.39, 0.29) is 6.61 Å². The fourth-order valence-electron chi connectivity index (χ4n) is 0.343. The Balaban J connectivity index is 2.76. The maximum Gasteiger partial charge on any atom is 0.0696 e. The average molecular weight is 113 g/mol. The highest BCUT2D eigenvalue weighted by Gasteiger charge is 1.84. The third-order valence-electron chi connectivity index (χ3n) is 0.693. The molecule has 7 heavy (non-hydrogen) atoms. The fraction of sp³-hybridized carbons (Fsp3) is 0.200. The molecule has 2 heteroatoms. The molecule has 0 atom stereocenters. The first-order valence-electron chi connectivity index (χ1n) is 1.97. The van der Waals surface area contributed by atoms with Crippen LogP contribution in [0.3, 0.4) is 0 Å². The zero-order valence-corrected chi connectivity index (χ0v) is 4.53. The second-order valence-electron chi connectivity index (χ2n) is 1.20. The molecule has 0 fully saturated rings. The molecule has 1 rings (SSSR count). The molecule has 1 N–H and O–H groups in total. The Morgan fingerprint density at radius 1 is 1.86 bits per heavy atom. The average Bonchev–Trinajstić information content (AvgIpc) is 2.14. The molecule has 0 aliphatic carbocycles. The second kappa shape index (κ2) is 2.09. The largest absolute Gasteiger partial charge is 0.392 e. The van der Waals surface area contributed by atoms with Crippen molar-refractivity contribution in [3.05, 3.63) is 22.4 Å². The van der Waals surface area contributed by atoms with Crippen molar-refractivity contribution < 1.29 is 5.11 Å². The zero-order valence-electron chi connectivity index (χ0n) is 3.72. The Hall–Kier alpha value is -0.340. The maximum absolute atomic E-state index is 8.40. The molecular formula is C5H5OS. The molecule has 1 aromatic heterocycles. The van der Waals surface area contributed by atoms with Gasteiger partial charge in [-0.05, 0) is 22.4 Å². The van der Waals surface area contributed by atoms with Crippen molar-refractivity contribution in [1.29, 1.82) is 0 Å². The van der Waals surface area contributed by atoms with E-state index < -0.39 is 0 Å². The van der Waals surface area contributed by atoms with Gasteiger partial charge in [-0.25, -0.2) is 0 Å². The highest BCUT2D eigenvalue weighted by atomic mass is 32.1. The molecule has 0 aromatic carbocycles. The van der Waals surface area contributed by atoms with Crippen LogP contribution in [0.1, 0.15) is 5.56 Å². The Kier molecular flexibility index (Phi) is 1.44. The van der Waals surface area contributed by atoms with E-state index in [0.717, 1.165) is 5.56 Å². The molecule has 37 valence electrons. The van der Waals surface area contributed by atoms with Crippen LogP contribution in [0.25, 0.3) is 0 Å². The van der Waals surface area contributed by atoms with Crippen LogP contribution in [-0.2, 0) is 6.61 Å². The number of hydrogen-bond acceptors (Lipinski definition) is 2. The quantitative estimate of drug-likeness (QED) is 0.577. The van der Waals surface area contributed by atoms with Gasteiger partial charge < -0.3 is 5.11 Å². The molecule has 1 heterocycles. The molecule has 0 unspecified atom stereocenters. The first-order chi connectivity index (χ1) is 3.43. The van der Waals surface area contributed by atoms with Crippen LogP contribution < -0.4 is 0 Å². The van der Waals surface area contributed by atoms with E-state index in [1.165, 1.54) is 0 Å². The van der Waals surface area contributed by atoms with Crippen LogP contribution in [0.2, 0.25) is 0 Å². The van der Waals surface area contributed by atoms with Crippen molar-refractivity contribution in [2.75, 3.05) is 0 Å². The van der Waals surface area contributed by atoms with Gasteiger partial charge in [0.25, 0.3) is 0 Å². The Bertz CT molecular complexity index is 123. The minimum Gasteiger partial charge on any atom is -0.392 e. The van der Waals surface area contributed by atoms with Crippen molar-refractivity contribution in [3.8, 4) is 0 Å². The molecule has 0 saturated heterocycles. The van der Waals surface area contributed by atoms with E-state index >= 15 is 0 Å². The summed E-state index contributed by atoms with van der Waals surface area (Å²) in [5, 5.41) is 12.1. The molecule has 0 bridgehead atoms. The summed E-state index contributed by atoms with van der Waals surface area (Å²) in [4.78, 5) is 0. The van der Waals surface area contributed by atoms with Gasteiger partial charge in [-0.3, -0.25) is 0 Å². The smallest absolute Gasteiger partial charge is 0.0696 e. The first-order valence-corrected chi connectivity index (χ1v) is 2.91. The summed E-state index contributed by atoms with van der Waals surface area (Å²) in [6, 6.07) is 2.86. The lowest BCUT2D eigenvalue weighted by atomic mass is 10.4. The van der Waals surface area contributed by atoms with Gasteiger partial charge in [0.2, 0.25) is 0 Å². The predicted octanol–water partition coefficient (Wildman–Crippen LogP) is 1.04. The molecule has 0 spiro atoms. The van der Waals surface area contributed by atoms with Gasteiger partial charge in [-0.1, -0.05) is 0 Å². The molecule has 0 amide bonds. The van der Waals surface area contributed by atoms with Crippen LogP contribution in [0.4, 0.5) is 0 Å².